The molecule has 1 atom stereocenters. The van der Waals surface area contributed by atoms with Gasteiger partial charge in [-0.15, -0.1) is 0 Å². The van der Waals surface area contributed by atoms with Crippen LogP contribution in [0.1, 0.15) is 30.5 Å². The van der Waals surface area contributed by atoms with Crippen LogP contribution >= 0.6 is 0 Å². The molecule has 0 spiro atoms. The van der Waals surface area contributed by atoms with Gasteiger partial charge in [0.25, 0.3) is 0 Å². The van der Waals surface area contributed by atoms with Crippen LogP contribution in [-0.2, 0) is 16.1 Å². The van der Waals surface area contributed by atoms with E-state index < -0.39 is 0 Å². The maximum atomic E-state index is 7.32. The topological polar surface area (TPSA) is 81.2 Å². The van der Waals surface area contributed by atoms with Crippen LogP contribution < -0.4 is 5.73 Å². The number of hydrogen-bond donors (Lipinski definition) is 2. The van der Waals surface area contributed by atoms with Crippen LogP contribution in [0, 0.1) is 5.41 Å². The number of nitrogens with two attached hydrogens (primary N) is 1. The standard InChI is InChI=1S/C13H19N3O2/c14-13(15)12-7-10(4-5-16-12)8-17-9-11-3-1-2-6-18-11/h4-5,7,11H,1-3,6,8-9H2,(H3,14,15). The normalized spacial score (nSPS) is 19.7. The fourth-order valence-corrected chi connectivity index (χ4v) is 1.96. The first-order chi connectivity index (χ1) is 8.75. The summed E-state index contributed by atoms with van der Waals surface area (Å²) in [5.74, 6) is -0.0209. The van der Waals surface area contributed by atoms with E-state index in [0.717, 1.165) is 25.0 Å². The van der Waals surface area contributed by atoms with E-state index in [1.807, 2.05) is 6.07 Å². The van der Waals surface area contributed by atoms with Gasteiger partial charge in [0.05, 0.1) is 19.3 Å². The zero-order valence-electron chi connectivity index (χ0n) is 10.4. The van der Waals surface area contributed by atoms with Crippen LogP contribution in [0.15, 0.2) is 18.3 Å². The Hall–Kier alpha value is -1.46. The molecule has 1 aromatic rings. The molecule has 0 radical (unpaired) electrons. The van der Waals surface area contributed by atoms with Gasteiger partial charge in [-0.1, -0.05) is 0 Å². The van der Waals surface area contributed by atoms with Gasteiger partial charge in [0.15, 0.2) is 0 Å². The third kappa shape index (κ3) is 3.78. The van der Waals surface area contributed by atoms with E-state index in [1.54, 1.807) is 12.3 Å². The van der Waals surface area contributed by atoms with Crippen molar-refractivity contribution >= 4 is 5.84 Å². The molecule has 3 N–H and O–H groups in total. The van der Waals surface area contributed by atoms with E-state index >= 15 is 0 Å². The molecule has 0 aliphatic carbocycles. The van der Waals surface area contributed by atoms with Gasteiger partial charge in [-0.2, -0.15) is 0 Å². The molecule has 2 heterocycles. The summed E-state index contributed by atoms with van der Waals surface area (Å²) in [7, 11) is 0. The number of aromatic nitrogens is 1. The van der Waals surface area contributed by atoms with Gasteiger partial charge in [0.2, 0.25) is 0 Å². The lowest BCUT2D eigenvalue weighted by molar-refractivity contribution is -0.0447. The fourth-order valence-electron chi connectivity index (χ4n) is 1.96. The predicted octanol–water partition coefficient (Wildman–Crippen LogP) is 1.45. The first kappa shape index (κ1) is 13.0. The Morgan fingerprint density at radius 3 is 3.17 bits per heavy atom. The zero-order valence-corrected chi connectivity index (χ0v) is 10.4. The molecule has 98 valence electrons. The molecule has 0 aromatic carbocycles. The first-order valence-corrected chi connectivity index (χ1v) is 6.24. The van der Waals surface area contributed by atoms with E-state index in [9.17, 15) is 0 Å². The Morgan fingerprint density at radius 2 is 2.44 bits per heavy atom. The third-order valence-corrected chi connectivity index (χ3v) is 2.95. The number of nitrogens with zero attached hydrogens (tertiary/aromatic N) is 1. The van der Waals surface area contributed by atoms with E-state index in [0.29, 0.717) is 18.9 Å². The van der Waals surface area contributed by atoms with Gasteiger partial charge in [-0.3, -0.25) is 10.4 Å². The number of amidine groups is 1. The highest BCUT2D eigenvalue weighted by Crippen LogP contribution is 2.13. The SMILES string of the molecule is N=C(N)c1cc(COCC2CCCCO2)ccn1. The average molecular weight is 249 g/mol. The molecule has 0 amide bonds. The largest absolute Gasteiger partial charge is 0.382 e. The lowest BCUT2D eigenvalue weighted by Crippen LogP contribution is -2.24. The smallest absolute Gasteiger partial charge is 0.141 e. The molecule has 1 aromatic heterocycles. The van der Waals surface area contributed by atoms with Gasteiger partial charge in [-0.25, -0.2) is 0 Å². The van der Waals surface area contributed by atoms with Crippen molar-refractivity contribution < 1.29 is 9.47 Å². The molecule has 1 unspecified atom stereocenters. The summed E-state index contributed by atoms with van der Waals surface area (Å²) in [5.41, 5.74) is 6.86. The minimum atomic E-state index is -0.0209. The molecule has 1 fully saturated rings. The quantitative estimate of drug-likeness (QED) is 0.611. The third-order valence-electron chi connectivity index (χ3n) is 2.95. The number of nitrogens with one attached hydrogen (secondary N) is 1. The zero-order chi connectivity index (χ0) is 12.8. The summed E-state index contributed by atoms with van der Waals surface area (Å²) in [4.78, 5) is 4.01. The highest BCUT2D eigenvalue weighted by molar-refractivity contribution is 5.93. The Bertz CT molecular complexity index is 403. The Labute approximate surface area is 107 Å². The number of hydrogen-bond acceptors (Lipinski definition) is 4. The van der Waals surface area contributed by atoms with Gasteiger partial charge in [-0.05, 0) is 37.0 Å². The van der Waals surface area contributed by atoms with Gasteiger partial charge in [0.1, 0.15) is 11.5 Å². The van der Waals surface area contributed by atoms with E-state index in [1.165, 1.54) is 6.42 Å². The van der Waals surface area contributed by atoms with Crippen LogP contribution in [0.25, 0.3) is 0 Å². The van der Waals surface area contributed by atoms with Crippen molar-refractivity contribution in [1.29, 1.82) is 5.41 Å². The summed E-state index contributed by atoms with van der Waals surface area (Å²) in [6, 6.07) is 3.65. The summed E-state index contributed by atoms with van der Waals surface area (Å²) < 4.78 is 11.2. The Morgan fingerprint density at radius 1 is 1.56 bits per heavy atom. The fraction of sp³-hybridized carbons (Fsp3) is 0.538. The lowest BCUT2D eigenvalue weighted by Gasteiger charge is -2.22. The van der Waals surface area contributed by atoms with Crippen molar-refractivity contribution in [3.63, 3.8) is 0 Å². The molecule has 0 saturated carbocycles. The van der Waals surface area contributed by atoms with Crippen molar-refractivity contribution in [3.05, 3.63) is 29.6 Å². The molecule has 18 heavy (non-hydrogen) atoms. The summed E-state index contributed by atoms with van der Waals surface area (Å²) in [5, 5.41) is 7.32. The second-order valence-electron chi connectivity index (χ2n) is 4.47. The molecule has 5 heteroatoms. The molecule has 1 aliphatic heterocycles. The van der Waals surface area contributed by atoms with Gasteiger partial charge < -0.3 is 15.2 Å². The second-order valence-corrected chi connectivity index (χ2v) is 4.47. The number of ether oxygens (including phenoxy) is 2. The van der Waals surface area contributed by atoms with Crippen LogP contribution in [0.2, 0.25) is 0 Å². The van der Waals surface area contributed by atoms with Crippen molar-refractivity contribution in [2.45, 2.75) is 32.0 Å². The lowest BCUT2D eigenvalue weighted by atomic mass is 10.1. The molecular formula is C13H19N3O2. The summed E-state index contributed by atoms with van der Waals surface area (Å²) >= 11 is 0. The average Bonchev–Trinajstić information content (AvgIpc) is 2.40. The molecule has 1 aliphatic rings. The monoisotopic (exact) mass is 249 g/mol. The van der Waals surface area contributed by atoms with Gasteiger partial charge >= 0.3 is 0 Å². The first-order valence-electron chi connectivity index (χ1n) is 6.24. The molecule has 2 rings (SSSR count). The van der Waals surface area contributed by atoms with E-state index in [4.69, 9.17) is 20.6 Å². The summed E-state index contributed by atoms with van der Waals surface area (Å²) in [6.07, 6.45) is 5.33. The molecule has 5 nitrogen and oxygen atoms in total. The second kappa shape index (κ2) is 6.47. The molecule has 0 bridgehead atoms. The van der Waals surface area contributed by atoms with Crippen molar-refractivity contribution in [3.8, 4) is 0 Å². The maximum Gasteiger partial charge on any atom is 0.141 e. The maximum absolute atomic E-state index is 7.32. The Balaban J connectivity index is 1.78. The van der Waals surface area contributed by atoms with Crippen molar-refractivity contribution in [1.82, 2.24) is 4.98 Å². The van der Waals surface area contributed by atoms with Crippen LogP contribution in [0.4, 0.5) is 0 Å². The van der Waals surface area contributed by atoms with Crippen molar-refractivity contribution in [2.24, 2.45) is 5.73 Å². The summed E-state index contributed by atoms with van der Waals surface area (Å²) in [6.45, 7) is 1.97. The predicted molar refractivity (Wildman–Crippen MR) is 68.5 cm³/mol. The number of rotatable bonds is 5. The number of pyridine rings is 1. The van der Waals surface area contributed by atoms with Crippen molar-refractivity contribution in [2.75, 3.05) is 13.2 Å². The van der Waals surface area contributed by atoms with E-state index in [-0.39, 0.29) is 11.9 Å². The minimum Gasteiger partial charge on any atom is -0.382 e. The minimum absolute atomic E-state index is 0.0209. The molecular weight excluding hydrogens is 230 g/mol. The van der Waals surface area contributed by atoms with Crippen LogP contribution in [0.3, 0.4) is 0 Å². The number of nitrogen functional groups attached to an aromatic ring is 1. The van der Waals surface area contributed by atoms with E-state index in [2.05, 4.69) is 4.98 Å². The highest BCUT2D eigenvalue weighted by atomic mass is 16.5. The van der Waals surface area contributed by atoms with Crippen LogP contribution in [-0.4, -0.2) is 30.1 Å². The Kier molecular flexibility index (Phi) is 4.66. The van der Waals surface area contributed by atoms with Gasteiger partial charge in [0, 0.05) is 12.8 Å². The van der Waals surface area contributed by atoms with Crippen LogP contribution in [0.5, 0.6) is 0 Å². The molecule has 1 saturated heterocycles. The highest BCUT2D eigenvalue weighted by Gasteiger charge is 2.13.